The standard InChI is InChI=1S/C21H14ClF2N3O3S/c1-31(29,30)26-21(28)15-10-16(22)19(11-17(15)24)27-18-5-3-2-4-14(18)20(25-27)12-6-8-13(23)9-7-12/h2-11H,1H3,(H,26,28). The Balaban J connectivity index is 1.87. The first-order valence-corrected chi connectivity index (χ1v) is 11.2. The fraction of sp³-hybridized carbons (Fsp3) is 0.0476. The molecular weight excluding hydrogens is 448 g/mol. The van der Waals surface area contributed by atoms with Gasteiger partial charge in [-0.25, -0.2) is 26.6 Å². The van der Waals surface area contributed by atoms with E-state index in [1.54, 1.807) is 29.0 Å². The molecule has 1 aromatic heterocycles. The van der Waals surface area contributed by atoms with Gasteiger partial charge in [-0.1, -0.05) is 29.8 Å². The predicted octanol–water partition coefficient (Wildman–Crippen LogP) is 4.31. The van der Waals surface area contributed by atoms with Crippen LogP contribution in [0.5, 0.6) is 0 Å². The third kappa shape index (κ3) is 4.14. The number of rotatable bonds is 4. The molecule has 0 saturated heterocycles. The van der Waals surface area contributed by atoms with Crippen LogP contribution in [0.1, 0.15) is 10.4 Å². The molecule has 0 radical (unpaired) electrons. The molecule has 1 N–H and O–H groups in total. The summed E-state index contributed by atoms with van der Waals surface area (Å²) in [6, 6.07) is 15.0. The Kier molecular flexibility index (Phi) is 5.24. The van der Waals surface area contributed by atoms with E-state index in [1.807, 2.05) is 12.1 Å². The maximum Gasteiger partial charge on any atom is 0.267 e. The van der Waals surface area contributed by atoms with E-state index in [2.05, 4.69) is 5.10 Å². The van der Waals surface area contributed by atoms with E-state index in [9.17, 15) is 22.0 Å². The van der Waals surface area contributed by atoms with Gasteiger partial charge in [0, 0.05) is 17.0 Å². The molecule has 10 heteroatoms. The van der Waals surface area contributed by atoms with Crippen molar-refractivity contribution < 1.29 is 22.0 Å². The van der Waals surface area contributed by atoms with Crippen LogP contribution in [-0.4, -0.2) is 30.4 Å². The van der Waals surface area contributed by atoms with Crippen LogP contribution >= 0.6 is 11.6 Å². The number of para-hydroxylation sites is 1. The number of halogens is 3. The number of carbonyl (C=O) groups excluding carboxylic acids is 1. The highest BCUT2D eigenvalue weighted by Gasteiger charge is 2.21. The van der Waals surface area contributed by atoms with Crippen molar-refractivity contribution in [2.24, 2.45) is 0 Å². The highest BCUT2D eigenvalue weighted by atomic mass is 35.5. The van der Waals surface area contributed by atoms with Gasteiger partial charge in [0.2, 0.25) is 10.0 Å². The largest absolute Gasteiger partial charge is 0.268 e. The third-order valence-corrected chi connectivity index (χ3v) is 5.35. The first kappa shape index (κ1) is 21.0. The average molecular weight is 462 g/mol. The number of hydrogen-bond acceptors (Lipinski definition) is 4. The van der Waals surface area contributed by atoms with Crippen molar-refractivity contribution in [2.45, 2.75) is 0 Å². The molecule has 0 aliphatic rings. The first-order valence-electron chi connectivity index (χ1n) is 8.89. The monoisotopic (exact) mass is 461 g/mol. The second-order valence-corrected chi connectivity index (χ2v) is 8.93. The van der Waals surface area contributed by atoms with Crippen LogP contribution in [0.4, 0.5) is 8.78 Å². The van der Waals surface area contributed by atoms with Crippen LogP contribution in [0.2, 0.25) is 5.02 Å². The van der Waals surface area contributed by atoms with Crippen molar-refractivity contribution in [3.05, 3.63) is 82.9 Å². The number of sulfonamides is 1. The number of nitrogens with zero attached hydrogens (tertiary/aromatic N) is 2. The van der Waals surface area contributed by atoms with Gasteiger partial charge in [-0.2, -0.15) is 5.10 Å². The fourth-order valence-corrected chi connectivity index (χ4v) is 3.86. The highest BCUT2D eigenvalue weighted by Crippen LogP contribution is 2.33. The van der Waals surface area contributed by atoms with Gasteiger partial charge in [0.1, 0.15) is 17.3 Å². The summed E-state index contributed by atoms with van der Waals surface area (Å²) in [5.74, 6) is -2.49. The fourth-order valence-electron chi connectivity index (χ4n) is 3.17. The van der Waals surface area contributed by atoms with Crippen LogP contribution in [0.15, 0.2) is 60.7 Å². The van der Waals surface area contributed by atoms with Gasteiger partial charge in [-0.3, -0.25) is 4.79 Å². The molecule has 0 fully saturated rings. The van der Waals surface area contributed by atoms with Gasteiger partial charge >= 0.3 is 0 Å². The summed E-state index contributed by atoms with van der Waals surface area (Å²) >= 11 is 6.32. The van der Waals surface area contributed by atoms with E-state index in [0.717, 1.165) is 23.8 Å². The second-order valence-electron chi connectivity index (χ2n) is 6.77. The van der Waals surface area contributed by atoms with E-state index in [1.165, 1.54) is 16.8 Å². The van der Waals surface area contributed by atoms with Crippen LogP contribution < -0.4 is 4.72 Å². The molecule has 0 unspecified atom stereocenters. The zero-order chi connectivity index (χ0) is 22.3. The topological polar surface area (TPSA) is 81.1 Å². The molecule has 0 atom stereocenters. The van der Waals surface area contributed by atoms with Gasteiger partial charge in [-0.15, -0.1) is 0 Å². The van der Waals surface area contributed by atoms with E-state index in [-0.39, 0.29) is 16.5 Å². The van der Waals surface area contributed by atoms with Crippen LogP contribution in [0.3, 0.4) is 0 Å². The summed E-state index contributed by atoms with van der Waals surface area (Å²) < 4.78 is 53.7. The van der Waals surface area contributed by atoms with Crippen molar-refractivity contribution in [3.8, 4) is 16.9 Å². The van der Waals surface area contributed by atoms with Crippen molar-refractivity contribution in [1.29, 1.82) is 0 Å². The number of aromatic nitrogens is 2. The van der Waals surface area contributed by atoms with Gasteiger partial charge in [0.05, 0.1) is 28.0 Å². The SMILES string of the molecule is CS(=O)(=O)NC(=O)c1cc(Cl)c(-n2nc(-c3ccc(F)cc3)c3ccccc32)cc1F. The van der Waals surface area contributed by atoms with E-state index < -0.39 is 27.3 Å². The Bertz CT molecular complexity index is 1430. The number of benzene rings is 3. The minimum atomic E-state index is -3.88. The quantitative estimate of drug-likeness (QED) is 0.491. The number of hydrogen-bond donors (Lipinski definition) is 1. The Morgan fingerprint density at radius 3 is 2.42 bits per heavy atom. The van der Waals surface area contributed by atoms with Crippen LogP contribution in [-0.2, 0) is 10.0 Å². The lowest BCUT2D eigenvalue weighted by molar-refractivity contribution is 0.0978. The summed E-state index contributed by atoms with van der Waals surface area (Å²) in [4.78, 5) is 12.1. The molecule has 0 spiro atoms. The van der Waals surface area contributed by atoms with Crippen molar-refractivity contribution in [2.75, 3.05) is 6.26 Å². The molecule has 0 saturated carbocycles. The normalized spacial score (nSPS) is 11.6. The summed E-state index contributed by atoms with van der Waals surface area (Å²) in [6.45, 7) is 0. The van der Waals surface area contributed by atoms with E-state index in [0.29, 0.717) is 16.8 Å². The van der Waals surface area contributed by atoms with Gasteiger partial charge in [0.25, 0.3) is 5.91 Å². The van der Waals surface area contributed by atoms with Crippen LogP contribution in [0.25, 0.3) is 27.8 Å². The average Bonchev–Trinajstić information content (AvgIpc) is 3.08. The molecule has 158 valence electrons. The molecule has 4 aromatic rings. The number of fused-ring (bicyclic) bond motifs is 1. The molecule has 31 heavy (non-hydrogen) atoms. The predicted molar refractivity (Wildman–Crippen MR) is 114 cm³/mol. The molecule has 4 rings (SSSR count). The third-order valence-electron chi connectivity index (χ3n) is 4.49. The Morgan fingerprint density at radius 2 is 1.74 bits per heavy atom. The lowest BCUT2D eigenvalue weighted by atomic mass is 10.1. The molecule has 0 bridgehead atoms. The molecule has 3 aromatic carbocycles. The number of carbonyl (C=O) groups is 1. The summed E-state index contributed by atoms with van der Waals surface area (Å²) in [5.41, 5.74) is 1.42. The lowest BCUT2D eigenvalue weighted by Gasteiger charge is -2.10. The Hall–Kier alpha value is -3.30. The van der Waals surface area contributed by atoms with E-state index >= 15 is 0 Å². The molecule has 1 amide bonds. The maximum atomic E-state index is 14.7. The molecule has 1 heterocycles. The van der Waals surface area contributed by atoms with Crippen molar-refractivity contribution >= 4 is 38.4 Å². The summed E-state index contributed by atoms with van der Waals surface area (Å²) in [6.07, 6.45) is 0.783. The smallest absolute Gasteiger partial charge is 0.267 e. The van der Waals surface area contributed by atoms with E-state index in [4.69, 9.17) is 11.6 Å². The minimum Gasteiger partial charge on any atom is -0.268 e. The van der Waals surface area contributed by atoms with Crippen LogP contribution in [0, 0.1) is 11.6 Å². The number of amides is 1. The maximum absolute atomic E-state index is 14.7. The number of nitrogens with one attached hydrogen (secondary N) is 1. The van der Waals surface area contributed by atoms with Gasteiger partial charge < -0.3 is 0 Å². The second kappa shape index (κ2) is 7.75. The Morgan fingerprint density at radius 1 is 1.06 bits per heavy atom. The van der Waals surface area contributed by atoms with Crippen molar-refractivity contribution in [1.82, 2.24) is 14.5 Å². The minimum absolute atomic E-state index is 0.0149. The van der Waals surface area contributed by atoms with Crippen molar-refractivity contribution in [3.63, 3.8) is 0 Å². The zero-order valence-electron chi connectivity index (χ0n) is 15.9. The zero-order valence-corrected chi connectivity index (χ0v) is 17.5. The van der Waals surface area contributed by atoms with Gasteiger partial charge in [-0.05, 0) is 36.4 Å². The summed E-state index contributed by atoms with van der Waals surface area (Å²) in [5, 5.41) is 5.25. The highest BCUT2D eigenvalue weighted by molar-refractivity contribution is 7.89. The first-order chi connectivity index (χ1) is 14.6. The summed E-state index contributed by atoms with van der Waals surface area (Å²) in [7, 11) is -3.88. The lowest BCUT2D eigenvalue weighted by Crippen LogP contribution is -2.30. The molecule has 0 aliphatic heterocycles. The molecule has 0 aliphatic carbocycles. The molecular formula is C21H14ClF2N3O3S. The van der Waals surface area contributed by atoms with Gasteiger partial charge in [0.15, 0.2) is 0 Å². The Labute approximate surface area is 181 Å². The molecule has 6 nitrogen and oxygen atoms in total.